The van der Waals surface area contributed by atoms with Crippen molar-refractivity contribution in [2.45, 2.75) is 39.2 Å². The summed E-state index contributed by atoms with van der Waals surface area (Å²) in [5, 5.41) is 0. The van der Waals surface area contributed by atoms with Crippen molar-refractivity contribution in [3.05, 3.63) is 29.8 Å². The molecule has 17 heavy (non-hydrogen) atoms. The van der Waals surface area contributed by atoms with Gasteiger partial charge in [-0.25, -0.2) is 0 Å². The van der Waals surface area contributed by atoms with Gasteiger partial charge in [-0.2, -0.15) is 0 Å². The summed E-state index contributed by atoms with van der Waals surface area (Å²) in [6.07, 6.45) is 2.25. The van der Waals surface area contributed by atoms with Gasteiger partial charge in [0, 0.05) is 25.2 Å². The van der Waals surface area contributed by atoms with Gasteiger partial charge in [0.05, 0.1) is 0 Å². The molecular formula is C14H22N2O. The van der Waals surface area contributed by atoms with Crippen molar-refractivity contribution in [3.63, 3.8) is 0 Å². The van der Waals surface area contributed by atoms with Gasteiger partial charge in [-0.15, -0.1) is 0 Å². The molecule has 0 aliphatic carbocycles. The first-order valence-corrected chi connectivity index (χ1v) is 6.15. The maximum Gasteiger partial charge on any atom is 0.226 e. The molecule has 2 N–H and O–H groups in total. The summed E-state index contributed by atoms with van der Waals surface area (Å²) in [4.78, 5) is 13.6. The predicted molar refractivity (Wildman–Crippen MR) is 72.1 cm³/mol. The average molecular weight is 234 g/mol. The molecule has 0 aliphatic rings. The molecule has 0 saturated heterocycles. The van der Waals surface area contributed by atoms with E-state index in [1.54, 1.807) is 4.90 Å². The third-order valence-corrected chi connectivity index (χ3v) is 2.92. The predicted octanol–water partition coefficient (Wildman–Crippen LogP) is 2.34. The fourth-order valence-corrected chi connectivity index (χ4v) is 1.62. The van der Waals surface area contributed by atoms with Crippen LogP contribution in [0.15, 0.2) is 24.3 Å². The third kappa shape index (κ3) is 4.19. The number of amides is 1. The van der Waals surface area contributed by atoms with Gasteiger partial charge in [0.1, 0.15) is 0 Å². The smallest absolute Gasteiger partial charge is 0.226 e. The largest absolute Gasteiger partial charge is 0.328 e. The van der Waals surface area contributed by atoms with Crippen LogP contribution >= 0.6 is 0 Å². The number of hydrogen-bond acceptors (Lipinski definition) is 2. The number of carbonyl (C=O) groups is 1. The minimum absolute atomic E-state index is 0.0785. The highest BCUT2D eigenvalue weighted by Gasteiger charge is 2.11. The van der Waals surface area contributed by atoms with Gasteiger partial charge < -0.3 is 10.6 Å². The molecule has 0 spiro atoms. The van der Waals surface area contributed by atoms with E-state index in [-0.39, 0.29) is 11.9 Å². The average Bonchev–Trinajstić information content (AvgIpc) is 2.35. The van der Waals surface area contributed by atoms with Gasteiger partial charge >= 0.3 is 0 Å². The van der Waals surface area contributed by atoms with Crippen molar-refractivity contribution in [2.24, 2.45) is 5.73 Å². The molecule has 3 nitrogen and oxygen atoms in total. The molecule has 0 fully saturated rings. The van der Waals surface area contributed by atoms with Crippen LogP contribution in [0.1, 0.15) is 32.3 Å². The maximum absolute atomic E-state index is 11.9. The summed E-state index contributed by atoms with van der Waals surface area (Å²) in [5.74, 6) is 0.117. The monoisotopic (exact) mass is 234 g/mol. The molecule has 0 aromatic heterocycles. The van der Waals surface area contributed by atoms with Crippen LogP contribution in [0.2, 0.25) is 0 Å². The van der Waals surface area contributed by atoms with Crippen molar-refractivity contribution in [1.29, 1.82) is 0 Å². The normalized spacial score (nSPS) is 12.2. The number of benzene rings is 1. The van der Waals surface area contributed by atoms with E-state index in [1.807, 2.05) is 26.1 Å². The quantitative estimate of drug-likeness (QED) is 0.850. The van der Waals surface area contributed by atoms with Gasteiger partial charge in [0.15, 0.2) is 0 Å². The number of rotatable bonds is 5. The van der Waals surface area contributed by atoms with E-state index in [0.29, 0.717) is 6.42 Å². The number of nitrogens with zero attached hydrogens (tertiary/aromatic N) is 1. The second-order valence-electron chi connectivity index (χ2n) is 4.49. The molecular weight excluding hydrogens is 212 g/mol. The minimum Gasteiger partial charge on any atom is -0.328 e. The van der Waals surface area contributed by atoms with E-state index in [0.717, 1.165) is 18.5 Å². The standard InChI is InChI=1S/C14H22N2O/c1-4-12-6-8-13(9-7-12)16(3)14(17)10-5-11(2)15/h6-9,11H,4-5,10,15H2,1-3H3. The third-order valence-electron chi connectivity index (χ3n) is 2.92. The maximum atomic E-state index is 11.9. The van der Waals surface area contributed by atoms with Crippen molar-refractivity contribution < 1.29 is 4.79 Å². The SMILES string of the molecule is CCc1ccc(N(C)C(=O)CCC(C)N)cc1. The lowest BCUT2D eigenvalue weighted by Crippen LogP contribution is -2.28. The summed E-state index contributed by atoms with van der Waals surface area (Å²) in [7, 11) is 1.81. The highest BCUT2D eigenvalue weighted by Crippen LogP contribution is 2.15. The van der Waals surface area contributed by atoms with E-state index in [1.165, 1.54) is 5.56 Å². The molecule has 0 radical (unpaired) electrons. The van der Waals surface area contributed by atoms with E-state index in [4.69, 9.17) is 5.73 Å². The molecule has 1 aromatic carbocycles. The lowest BCUT2D eigenvalue weighted by molar-refractivity contribution is -0.118. The zero-order valence-electron chi connectivity index (χ0n) is 10.9. The topological polar surface area (TPSA) is 46.3 Å². The molecule has 1 atom stereocenters. The summed E-state index contributed by atoms with van der Waals surface area (Å²) in [6.45, 7) is 4.04. The molecule has 0 saturated carbocycles. The number of carbonyl (C=O) groups excluding carboxylic acids is 1. The Morgan fingerprint density at radius 1 is 1.35 bits per heavy atom. The van der Waals surface area contributed by atoms with Crippen LogP contribution < -0.4 is 10.6 Å². The summed E-state index contributed by atoms with van der Waals surface area (Å²) in [5.41, 5.74) is 7.87. The van der Waals surface area contributed by atoms with Gasteiger partial charge in [-0.05, 0) is 37.5 Å². The Morgan fingerprint density at radius 3 is 2.41 bits per heavy atom. The van der Waals surface area contributed by atoms with Crippen LogP contribution in [0.3, 0.4) is 0 Å². The first-order chi connectivity index (χ1) is 8.04. The molecule has 0 heterocycles. The van der Waals surface area contributed by atoms with E-state index < -0.39 is 0 Å². The lowest BCUT2D eigenvalue weighted by atomic mass is 10.1. The van der Waals surface area contributed by atoms with Crippen LogP contribution in [0, 0.1) is 0 Å². The fourth-order valence-electron chi connectivity index (χ4n) is 1.62. The van der Waals surface area contributed by atoms with Crippen molar-refractivity contribution in [2.75, 3.05) is 11.9 Å². The van der Waals surface area contributed by atoms with Crippen LogP contribution in [0.5, 0.6) is 0 Å². The zero-order valence-corrected chi connectivity index (χ0v) is 10.9. The molecule has 0 aliphatic heterocycles. The summed E-state index contributed by atoms with van der Waals surface area (Å²) in [6, 6.07) is 8.18. The Kier molecular flexibility index (Phi) is 5.16. The second kappa shape index (κ2) is 6.40. The summed E-state index contributed by atoms with van der Waals surface area (Å²) < 4.78 is 0. The highest BCUT2D eigenvalue weighted by molar-refractivity contribution is 5.92. The van der Waals surface area contributed by atoms with E-state index >= 15 is 0 Å². The fraction of sp³-hybridized carbons (Fsp3) is 0.500. The van der Waals surface area contributed by atoms with Gasteiger partial charge in [0.2, 0.25) is 5.91 Å². The Hall–Kier alpha value is -1.35. The Bertz CT molecular complexity index is 357. The zero-order chi connectivity index (χ0) is 12.8. The number of nitrogens with two attached hydrogens (primary N) is 1. The number of aryl methyl sites for hydroxylation is 1. The minimum atomic E-state index is 0.0785. The molecule has 0 bridgehead atoms. The molecule has 1 amide bonds. The number of hydrogen-bond donors (Lipinski definition) is 1. The second-order valence-corrected chi connectivity index (χ2v) is 4.49. The molecule has 3 heteroatoms. The molecule has 1 aromatic rings. The van der Waals surface area contributed by atoms with Crippen molar-refractivity contribution >= 4 is 11.6 Å². The van der Waals surface area contributed by atoms with Crippen LogP contribution in [0.25, 0.3) is 0 Å². The van der Waals surface area contributed by atoms with E-state index in [9.17, 15) is 4.79 Å². The first-order valence-electron chi connectivity index (χ1n) is 6.15. The Morgan fingerprint density at radius 2 is 1.94 bits per heavy atom. The van der Waals surface area contributed by atoms with Gasteiger partial charge in [0.25, 0.3) is 0 Å². The molecule has 1 unspecified atom stereocenters. The van der Waals surface area contributed by atoms with E-state index in [2.05, 4.69) is 19.1 Å². The summed E-state index contributed by atoms with van der Waals surface area (Å²) >= 11 is 0. The van der Waals surface area contributed by atoms with Crippen molar-refractivity contribution in [3.8, 4) is 0 Å². The van der Waals surface area contributed by atoms with Gasteiger partial charge in [-0.3, -0.25) is 4.79 Å². The first kappa shape index (κ1) is 13.7. The molecule has 94 valence electrons. The van der Waals surface area contributed by atoms with Crippen molar-refractivity contribution in [1.82, 2.24) is 0 Å². The molecule has 1 rings (SSSR count). The number of anilines is 1. The highest BCUT2D eigenvalue weighted by atomic mass is 16.2. The van der Waals surface area contributed by atoms with Crippen LogP contribution in [-0.4, -0.2) is 19.0 Å². The van der Waals surface area contributed by atoms with Crippen LogP contribution in [0.4, 0.5) is 5.69 Å². The van der Waals surface area contributed by atoms with Crippen LogP contribution in [-0.2, 0) is 11.2 Å². The lowest BCUT2D eigenvalue weighted by Gasteiger charge is -2.18. The van der Waals surface area contributed by atoms with Gasteiger partial charge in [-0.1, -0.05) is 19.1 Å². The Labute approximate surface area is 104 Å². The Balaban J connectivity index is 2.61.